The molecule has 2 fully saturated rings. The van der Waals surface area contributed by atoms with Crippen LogP contribution in [-0.2, 0) is 9.53 Å². The van der Waals surface area contributed by atoms with Crippen LogP contribution in [0.1, 0.15) is 25.7 Å². The predicted molar refractivity (Wildman–Crippen MR) is 57.6 cm³/mol. The summed E-state index contributed by atoms with van der Waals surface area (Å²) in [6.07, 6.45) is 4.85. The van der Waals surface area contributed by atoms with Crippen molar-refractivity contribution in [2.75, 3.05) is 26.8 Å². The van der Waals surface area contributed by atoms with E-state index in [2.05, 4.69) is 5.32 Å². The van der Waals surface area contributed by atoms with Crippen LogP contribution in [-0.4, -0.2) is 49.7 Å². The Morgan fingerprint density at radius 1 is 1.27 bits per heavy atom. The molecule has 1 aliphatic heterocycles. The lowest BCUT2D eigenvalue weighted by Crippen LogP contribution is -2.46. The number of ether oxygens (including phenoxy) is 1. The first-order valence-electron chi connectivity index (χ1n) is 5.82. The average molecular weight is 212 g/mol. The summed E-state index contributed by atoms with van der Waals surface area (Å²) in [7, 11) is 1.57. The van der Waals surface area contributed by atoms with Gasteiger partial charge in [-0.15, -0.1) is 0 Å². The summed E-state index contributed by atoms with van der Waals surface area (Å²) in [6.45, 7) is 1.99. The smallest absolute Gasteiger partial charge is 0.248 e. The molecule has 0 unspecified atom stereocenters. The van der Waals surface area contributed by atoms with E-state index in [0.29, 0.717) is 6.04 Å². The van der Waals surface area contributed by atoms with Crippen molar-refractivity contribution in [1.82, 2.24) is 10.2 Å². The standard InChI is InChI=1S/C11H20N2O2/c1-15-8-11(14)13-6-4-10(5-7-13)12-9-2-3-9/h9-10,12H,2-8H2,1H3. The third kappa shape index (κ3) is 3.18. The third-order valence-electron chi connectivity index (χ3n) is 3.16. The molecule has 4 nitrogen and oxygen atoms in total. The van der Waals surface area contributed by atoms with Gasteiger partial charge in [0.05, 0.1) is 0 Å². The van der Waals surface area contributed by atoms with Gasteiger partial charge < -0.3 is 15.0 Å². The quantitative estimate of drug-likeness (QED) is 0.732. The van der Waals surface area contributed by atoms with Crippen LogP contribution in [0.15, 0.2) is 0 Å². The van der Waals surface area contributed by atoms with Crippen molar-refractivity contribution < 1.29 is 9.53 Å². The number of piperidine rings is 1. The Balaban J connectivity index is 1.68. The first kappa shape index (κ1) is 10.9. The summed E-state index contributed by atoms with van der Waals surface area (Å²) < 4.78 is 4.85. The zero-order valence-corrected chi connectivity index (χ0v) is 9.37. The molecule has 0 atom stereocenters. The normalized spacial score (nSPS) is 23.1. The molecule has 2 aliphatic rings. The molecule has 1 heterocycles. The lowest BCUT2D eigenvalue weighted by atomic mass is 10.1. The Hall–Kier alpha value is -0.610. The summed E-state index contributed by atoms with van der Waals surface area (Å²) in [5.74, 6) is 0.127. The number of amides is 1. The maximum Gasteiger partial charge on any atom is 0.248 e. The van der Waals surface area contributed by atoms with E-state index in [1.807, 2.05) is 4.90 Å². The second-order valence-electron chi connectivity index (χ2n) is 4.53. The topological polar surface area (TPSA) is 41.6 Å². The highest BCUT2D eigenvalue weighted by Crippen LogP contribution is 2.22. The fourth-order valence-corrected chi connectivity index (χ4v) is 2.09. The monoisotopic (exact) mass is 212 g/mol. The van der Waals surface area contributed by atoms with Crippen molar-refractivity contribution in [3.8, 4) is 0 Å². The number of rotatable bonds is 4. The van der Waals surface area contributed by atoms with E-state index >= 15 is 0 Å². The number of nitrogens with zero attached hydrogens (tertiary/aromatic N) is 1. The minimum absolute atomic E-state index is 0.127. The van der Waals surface area contributed by atoms with Crippen LogP contribution in [0.2, 0.25) is 0 Å². The number of nitrogens with one attached hydrogen (secondary N) is 1. The summed E-state index contributed by atoms with van der Waals surface area (Å²) in [5.41, 5.74) is 0. The first-order chi connectivity index (χ1) is 7.29. The van der Waals surface area contributed by atoms with Crippen molar-refractivity contribution in [2.45, 2.75) is 37.8 Å². The average Bonchev–Trinajstić information content (AvgIpc) is 3.03. The van der Waals surface area contributed by atoms with Gasteiger partial charge in [-0.05, 0) is 25.7 Å². The van der Waals surface area contributed by atoms with Gasteiger partial charge in [0, 0.05) is 32.3 Å². The van der Waals surface area contributed by atoms with Crippen LogP contribution < -0.4 is 5.32 Å². The third-order valence-corrected chi connectivity index (χ3v) is 3.16. The summed E-state index contributed by atoms with van der Waals surface area (Å²) >= 11 is 0. The Morgan fingerprint density at radius 3 is 2.40 bits per heavy atom. The van der Waals surface area contributed by atoms with Crippen LogP contribution >= 0.6 is 0 Å². The molecule has 0 radical (unpaired) electrons. The van der Waals surface area contributed by atoms with Gasteiger partial charge in [-0.1, -0.05) is 0 Å². The molecular formula is C11H20N2O2. The highest BCUT2D eigenvalue weighted by Gasteiger charge is 2.28. The molecule has 1 N–H and O–H groups in total. The van der Waals surface area contributed by atoms with Crippen molar-refractivity contribution in [3.05, 3.63) is 0 Å². The Bertz CT molecular complexity index is 221. The number of methoxy groups -OCH3 is 1. The van der Waals surface area contributed by atoms with Gasteiger partial charge in [-0.3, -0.25) is 4.79 Å². The summed E-state index contributed by atoms with van der Waals surface area (Å²) in [4.78, 5) is 13.4. The largest absolute Gasteiger partial charge is 0.375 e. The maximum atomic E-state index is 11.5. The van der Waals surface area contributed by atoms with Gasteiger partial charge in [0.1, 0.15) is 6.61 Å². The van der Waals surface area contributed by atoms with Gasteiger partial charge >= 0.3 is 0 Å². The van der Waals surface area contributed by atoms with E-state index in [9.17, 15) is 4.79 Å². The minimum atomic E-state index is 0.127. The van der Waals surface area contributed by atoms with Crippen LogP contribution in [0.5, 0.6) is 0 Å². The minimum Gasteiger partial charge on any atom is -0.375 e. The number of hydrogen-bond donors (Lipinski definition) is 1. The van der Waals surface area contributed by atoms with E-state index in [0.717, 1.165) is 32.0 Å². The number of carbonyl (C=O) groups excluding carboxylic acids is 1. The predicted octanol–water partition coefficient (Wildman–Crippen LogP) is 0.376. The van der Waals surface area contributed by atoms with Crippen molar-refractivity contribution in [1.29, 1.82) is 0 Å². The Morgan fingerprint density at radius 2 is 1.87 bits per heavy atom. The van der Waals surface area contributed by atoms with Gasteiger partial charge in [-0.2, -0.15) is 0 Å². The van der Waals surface area contributed by atoms with Crippen LogP contribution in [0.3, 0.4) is 0 Å². The number of carbonyl (C=O) groups is 1. The zero-order valence-electron chi connectivity index (χ0n) is 9.37. The van der Waals surface area contributed by atoms with Crippen molar-refractivity contribution in [2.24, 2.45) is 0 Å². The lowest BCUT2D eigenvalue weighted by molar-refractivity contribution is -0.136. The molecule has 2 rings (SSSR count). The van der Waals surface area contributed by atoms with Gasteiger partial charge in [-0.25, -0.2) is 0 Å². The van der Waals surface area contributed by atoms with Gasteiger partial charge in [0.2, 0.25) is 5.91 Å². The summed E-state index contributed by atoms with van der Waals surface area (Å²) in [5, 5.41) is 3.62. The molecule has 0 bridgehead atoms. The van der Waals surface area contributed by atoms with E-state index in [1.54, 1.807) is 7.11 Å². The zero-order chi connectivity index (χ0) is 10.7. The van der Waals surface area contributed by atoms with E-state index in [-0.39, 0.29) is 12.5 Å². The molecule has 1 aliphatic carbocycles. The molecule has 1 amide bonds. The van der Waals surface area contributed by atoms with Gasteiger partial charge in [0.15, 0.2) is 0 Å². The fourth-order valence-electron chi connectivity index (χ4n) is 2.09. The molecule has 15 heavy (non-hydrogen) atoms. The second kappa shape index (κ2) is 4.94. The second-order valence-corrected chi connectivity index (χ2v) is 4.53. The highest BCUT2D eigenvalue weighted by molar-refractivity contribution is 5.77. The summed E-state index contributed by atoms with van der Waals surface area (Å²) in [6, 6.07) is 1.40. The SMILES string of the molecule is COCC(=O)N1CCC(NC2CC2)CC1. The van der Waals surface area contributed by atoms with E-state index < -0.39 is 0 Å². The number of likely N-dealkylation sites (tertiary alicyclic amines) is 1. The van der Waals surface area contributed by atoms with Crippen LogP contribution in [0.4, 0.5) is 0 Å². The molecule has 86 valence electrons. The molecule has 0 spiro atoms. The molecule has 0 aromatic rings. The molecule has 1 saturated carbocycles. The van der Waals surface area contributed by atoms with Crippen LogP contribution in [0.25, 0.3) is 0 Å². The van der Waals surface area contributed by atoms with Gasteiger partial charge in [0.25, 0.3) is 0 Å². The lowest BCUT2D eigenvalue weighted by Gasteiger charge is -2.32. The maximum absolute atomic E-state index is 11.5. The first-order valence-corrected chi connectivity index (χ1v) is 5.82. The van der Waals surface area contributed by atoms with Crippen molar-refractivity contribution >= 4 is 5.91 Å². The molecule has 0 aromatic carbocycles. The van der Waals surface area contributed by atoms with Crippen molar-refractivity contribution in [3.63, 3.8) is 0 Å². The number of hydrogen-bond acceptors (Lipinski definition) is 3. The van der Waals surface area contributed by atoms with E-state index in [4.69, 9.17) is 4.74 Å². The van der Waals surface area contributed by atoms with E-state index in [1.165, 1.54) is 12.8 Å². The molecule has 0 aromatic heterocycles. The van der Waals surface area contributed by atoms with Crippen LogP contribution in [0, 0.1) is 0 Å². The highest BCUT2D eigenvalue weighted by atomic mass is 16.5. The molecule has 1 saturated heterocycles. The molecular weight excluding hydrogens is 192 g/mol. The Kier molecular flexibility index (Phi) is 3.59. The molecule has 4 heteroatoms. The fraction of sp³-hybridized carbons (Fsp3) is 0.909. The Labute approximate surface area is 91.0 Å².